The molecule has 45 valence electrons. The second-order valence-corrected chi connectivity index (χ2v) is 0. The summed E-state index contributed by atoms with van der Waals surface area (Å²) >= 11 is 0. The largest absolute Gasteiger partial charge is 3.00 e. The van der Waals surface area contributed by atoms with Gasteiger partial charge in [0.15, 0.2) is 0 Å². The van der Waals surface area contributed by atoms with Crippen molar-refractivity contribution in [2.24, 2.45) is 0 Å². The number of rotatable bonds is 0. The summed E-state index contributed by atoms with van der Waals surface area (Å²) in [6, 6.07) is 0. The molecule has 0 saturated carbocycles. The molecule has 0 atom stereocenters. The van der Waals surface area contributed by atoms with E-state index in [0.29, 0.717) is 0 Å². The van der Waals surface area contributed by atoms with Crippen LogP contribution in [0.15, 0.2) is 26.3 Å². The van der Waals surface area contributed by atoms with Gasteiger partial charge in [0.2, 0.25) is 0 Å². The van der Waals surface area contributed by atoms with Crippen molar-refractivity contribution >= 4 is 0 Å². The molecule has 0 aliphatic rings. The maximum atomic E-state index is 3.00. The third kappa shape index (κ3) is 178000. The first-order valence-electron chi connectivity index (χ1n) is 1.000. The van der Waals surface area contributed by atoms with Crippen molar-refractivity contribution in [3.05, 3.63) is 26.3 Å². The van der Waals surface area contributed by atoms with E-state index in [9.17, 15) is 0 Å². The summed E-state index contributed by atoms with van der Waals surface area (Å²) in [6.07, 6.45) is 0. The molecule has 0 fully saturated rings. The maximum Gasteiger partial charge on any atom is 3.00 e. The summed E-state index contributed by atoms with van der Waals surface area (Å²) in [5, 5.41) is 0. The topological polar surface area (TPSA) is 70.0 Å². The zero-order valence-corrected chi connectivity index (χ0v) is 6.33. The number of hydrogen-bond donors (Lipinski definition) is 2. The van der Waals surface area contributed by atoms with Crippen LogP contribution in [-0.4, -0.2) is 0 Å². The Balaban J connectivity index is -0.00000000267. The molecule has 0 rings (SSSR count). The average molecular weight is 191 g/mol. The molecular weight excluding hydrogens is 177 g/mol. The van der Waals surface area contributed by atoms with E-state index < -0.39 is 0 Å². The van der Waals surface area contributed by atoms with Crippen LogP contribution in [0.1, 0.15) is 0 Å². The molecule has 0 saturated heterocycles. The molecule has 2 nitrogen and oxygen atoms in total. The van der Waals surface area contributed by atoms with Crippen molar-refractivity contribution < 1.29 is 19.5 Å². The second kappa shape index (κ2) is 278000. The van der Waals surface area contributed by atoms with E-state index in [1.54, 1.807) is 0 Å². The van der Waals surface area contributed by atoms with E-state index in [0.717, 1.165) is 0 Å². The fourth-order valence-electron chi connectivity index (χ4n) is 0. The van der Waals surface area contributed by atoms with Crippen molar-refractivity contribution in [2.75, 3.05) is 0 Å². The van der Waals surface area contributed by atoms with Crippen molar-refractivity contribution in [3.8, 4) is 0 Å². The standard InChI is InChI=1S/2C2H4.2H3N.Ru/c2*1-2;;;/h2*1-2H2;2*1H3;/q;;;;+3. The van der Waals surface area contributed by atoms with Gasteiger partial charge in [0.1, 0.15) is 0 Å². The van der Waals surface area contributed by atoms with Gasteiger partial charge >= 0.3 is 19.5 Å². The molecule has 0 bridgehead atoms. The molecule has 0 spiro atoms. The fraction of sp³-hybridized carbons (Fsp3) is 0. The third-order valence-electron chi connectivity index (χ3n) is 0. The average Bonchev–Trinajstić information content (AvgIpc) is 1.50. The van der Waals surface area contributed by atoms with Gasteiger partial charge in [-0.25, -0.2) is 0 Å². The first kappa shape index (κ1) is 62.2. The molecule has 0 unspecified atom stereocenters. The van der Waals surface area contributed by atoms with E-state index in [1.807, 2.05) is 0 Å². The Bertz CT molecular complexity index is 11.7. The van der Waals surface area contributed by atoms with Crippen LogP contribution in [0.3, 0.4) is 0 Å². The van der Waals surface area contributed by atoms with E-state index >= 15 is 0 Å². The van der Waals surface area contributed by atoms with E-state index in [-0.39, 0.29) is 31.8 Å². The van der Waals surface area contributed by atoms with Gasteiger partial charge < -0.3 is 12.3 Å². The van der Waals surface area contributed by atoms with Crippen LogP contribution in [0.25, 0.3) is 0 Å². The number of hydrogen-bond acceptors (Lipinski definition) is 2. The van der Waals surface area contributed by atoms with Gasteiger partial charge in [0.25, 0.3) is 0 Å². The van der Waals surface area contributed by atoms with Gasteiger partial charge in [0, 0.05) is 0 Å². The molecule has 0 aliphatic carbocycles. The molecule has 3 heteroatoms. The summed E-state index contributed by atoms with van der Waals surface area (Å²) in [6.45, 7) is 12.0. The molecule has 0 amide bonds. The van der Waals surface area contributed by atoms with Gasteiger partial charge in [-0.1, -0.05) is 0 Å². The summed E-state index contributed by atoms with van der Waals surface area (Å²) in [5.41, 5.74) is 0. The predicted octanol–water partition coefficient (Wildman–Crippen LogP) is 1.93. The SMILES string of the molecule is C=C.C=C.N.N.[Ru+3]. The normalized spacial score (nSPS) is 1.14. The molecule has 0 aromatic carbocycles. The van der Waals surface area contributed by atoms with Crippen LogP contribution < -0.4 is 12.3 Å². The smallest absolute Gasteiger partial charge is 0.344 e. The zero-order chi connectivity index (χ0) is 4.00. The summed E-state index contributed by atoms with van der Waals surface area (Å²) in [5.74, 6) is 0. The molecule has 6 N–H and O–H groups in total. The molecule has 1 radical (unpaired) electrons. The Morgan fingerprint density at radius 2 is 0.571 bits per heavy atom. The fourth-order valence-corrected chi connectivity index (χ4v) is 0. The van der Waals surface area contributed by atoms with Crippen LogP contribution in [0.2, 0.25) is 0 Å². The monoisotopic (exact) mass is 192 g/mol. The Morgan fingerprint density at radius 1 is 0.571 bits per heavy atom. The van der Waals surface area contributed by atoms with Gasteiger partial charge in [0.05, 0.1) is 0 Å². The molecule has 0 aromatic heterocycles. The Labute approximate surface area is 58.6 Å². The molecular formula is C4H14N2Ru+3. The minimum atomic E-state index is 0. The zero-order valence-electron chi connectivity index (χ0n) is 4.60. The summed E-state index contributed by atoms with van der Waals surface area (Å²) in [4.78, 5) is 0. The van der Waals surface area contributed by atoms with E-state index in [4.69, 9.17) is 0 Å². The summed E-state index contributed by atoms with van der Waals surface area (Å²) in [7, 11) is 0. The van der Waals surface area contributed by atoms with Crippen molar-refractivity contribution in [2.45, 2.75) is 0 Å². The Kier molecular flexibility index (Phi) is 2470000. The maximum absolute atomic E-state index is 3.00. The van der Waals surface area contributed by atoms with Crippen molar-refractivity contribution in [1.29, 1.82) is 0 Å². The minimum Gasteiger partial charge on any atom is -0.344 e. The predicted molar refractivity (Wildman–Crippen MR) is 32.6 cm³/mol. The van der Waals surface area contributed by atoms with Crippen LogP contribution in [0.4, 0.5) is 0 Å². The third-order valence-corrected chi connectivity index (χ3v) is 0. The van der Waals surface area contributed by atoms with Crippen molar-refractivity contribution in [1.82, 2.24) is 12.3 Å². The van der Waals surface area contributed by atoms with Gasteiger partial charge in [-0.15, -0.1) is 26.3 Å². The Morgan fingerprint density at radius 3 is 0.571 bits per heavy atom. The minimum absolute atomic E-state index is 0. The van der Waals surface area contributed by atoms with Crippen LogP contribution in [-0.2, 0) is 19.5 Å². The summed E-state index contributed by atoms with van der Waals surface area (Å²) < 4.78 is 0. The molecule has 0 heterocycles. The molecule has 7 heavy (non-hydrogen) atoms. The molecule has 0 aliphatic heterocycles. The quantitative estimate of drug-likeness (QED) is 0.453. The second-order valence-electron chi connectivity index (χ2n) is 0. The van der Waals surface area contributed by atoms with Crippen LogP contribution in [0.5, 0.6) is 0 Å². The van der Waals surface area contributed by atoms with Gasteiger partial charge in [-0.3, -0.25) is 0 Å². The van der Waals surface area contributed by atoms with E-state index in [2.05, 4.69) is 26.3 Å². The Hall–Kier alpha value is 0.0234. The first-order chi connectivity index (χ1) is 2.00. The first-order valence-corrected chi connectivity index (χ1v) is 1.000. The van der Waals surface area contributed by atoms with Gasteiger partial charge in [-0.05, 0) is 0 Å². The van der Waals surface area contributed by atoms with Crippen molar-refractivity contribution in [3.63, 3.8) is 0 Å². The van der Waals surface area contributed by atoms with Crippen LogP contribution in [0, 0.1) is 0 Å². The molecule has 0 aromatic rings. The van der Waals surface area contributed by atoms with Gasteiger partial charge in [-0.2, -0.15) is 0 Å². The van der Waals surface area contributed by atoms with E-state index in [1.165, 1.54) is 0 Å². The van der Waals surface area contributed by atoms with Crippen LogP contribution >= 0.6 is 0 Å².